The highest BCUT2D eigenvalue weighted by Crippen LogP contribution is 2.27. The first-order valence-corrected chi connectivity index (χ1v) is 7.61. The Hall–Kier alpha value is -2.83. The van der Waals surface area contributed by atoms with Gasteiger partial charge in [-0.2, -0.15) is 0 Å². The van der Waals surface area contributed by atoms with E-state index in [1.54, 1.807) is 20.3 Å². The fourth-order valence-corrected chi connectivity index (χ4v) is 2.05. The summed E-state index contributed by atoms with van der Waals surface area (Å²) < 4.78 is 10.4. The van der Waals surface area contributed by atoms with E-state index in [9.17, 15) is 4.79 Å². The van der Waals surface area contributed by atoms with E-state index in [2.05, 4.69) is 20.6 Å². The molecule has 1 aromatic carbocycles. The van der Waals surface area contributed by atoms with Crippen LogP contribution in [0.2, 0.25) is 0 Å². The van der Waals surface area contributed by atoms with Crippen LogP contribution in [-0.2, 0) is 6.54 Å². The zero-order chi connectivity index (χ0) is 17.5. The third-order valence-corrected chi connectivity index (χ3v) is 3.23. The van der Waals surface area contributed by atoms with Gasteiger partial charge in [-0.15, -0.1) is 0 Å². The average molecular weight is 330 g/mol. The average Bonchev–Trinajstić information content (AvgIpc) is 2.59. The lowest BCUT2D eigenvalue weighted by molar-refractivity contribution is 0.0950. The molecule has 0 saturated carbocycles. The van der Waals surface area contributed by atoms with Crippen molar-refractivity contribution < 1.29 is 14.3 Å². The van der Waals surface area contributed by atoms with Gasteiger partial charge in [0.15, 0.2) is 11.5 Å². The molecule has 1 aromatic heterocycles. The molecule has 1 amide bonds. The van der Waals surface area contributed by atoms with Crippen molar-refractivity contribution in [3.8, 4) is 11.5 Å². The van der Waals surface area contributed by atoms with Gasteiger partial charge < -0.3 is 20.1 Å². The number of hydrogen-bond donors (Lipinski definition) is 2. The maximum Gasteiger partial charge on any atom is 0.254 e. The van der Waals surface area contributed by atoms with Gasteiger partial charge in [0.25, 0.3) is 5.91 Å². The largest absolute Gasteiger partial charge is 0.493 e. The second kappa shape index (κ2) is 8.14. The number of methoxy groups -OCH3 is 2. The van der Waals surface area contributed by atoms with E-state index in [4.69, 9.17) is 9.47 Å². The number of carbonyl (C=O) groups excluding carboxylic acids is 1. The number of nitrogens with one attached hydrogen (secondary N) is 2. The summed E-state index contributed by atoms with van der Waals surface area (Å²) in [5.41, 5.74) is 1.31. The normalized spacial score (nSPS) is 10.4. The fraction of sp³-hybridized carbons (Fsp3) is 0.353. The van der Waals surface area contributed by atoms with Crippen LogP contribution in [0.5, 0.6) is 11.5 Å². The van der Waals surface area contributed by atoms with Crippen molar-refractivity contribution in [1.29, 1.82) is 0 Å². The van der Waals surface area contributed by atoms with E-state index < -0.39 is 0 Å². The molecule has 7 nitrogen and oxygen atoms in total. The maximum atomic E-state index is 12.2. The van der Waals surface area contributed by atoms with Crippen LogP contribution in [0.25, 0.3) is 0 Å². The van der Waals surface area contributed by atoms with Crippen molar-refractivity contribution in [2.45, 2.75) is 26.4 Å². The van der Waals surface area contributed by atoms with Gasteiger partial charge in [0, 0.05) is 25.0 Å². The SMILES string of the molecule is COc1ccc(CNC(=O)c2cnc(NC(C)C)nc2)cc1OC. The highest BCUT2D eigenvalue weighted by atomic mass is 16.5. The molecule has 1 heterocycles. The lowest BCUT2D eigenvalue weighted by atomic mass is 10.2. The number of aromatic nitrogens is 2. The van der Waals surface area contributed by atoms with Gasteiger partial charge in [0.2, 0.25) is 5.95 Å². The van der Waals surface area contributed by atoms with Gasteiger partial charge >= 0.3 is 0 Å². The highest BCUT2D eigenvalue weighted by molar-refractivity contribution is 5.93. The Balaban J connectivity index is 1.97. The number of anilines is 1. The molecule has 2 aromatic rings. The Bertz CT molecular complexity index is 687. The first kappa shape index (κ1) is 17.5. The summed E-state index contributed by atoms with van der Waals surface area (Å²) in [7, 11) is 3.15. The molecule has 2 rings (SSSR count). The van der Waals surface area contributed by atoms with Crippen LogP contribution in [0.4, 0.5) is 5.95 Å². The summed E-state index contributed by atoms with van der Waals surface area (Å²) in [4.78, 5) is 20.4. The van der Waals surface area contributed by atoms with E-state index in [0.717, 1.165) is 5.56 Å². The number of amides is 1. The third kappa shape index (κ3) is 4.58. The fourth-order valence-electron chi connectivity index (χ4n) is 2.05. The molecular weight excluding hydrogens is 308 g/mol. The standard InChI is InChI=1S/C17H22N4O3/c1-11(2)21-17-19-9-13(10-20-17)16(22)18-8-12-5-6-14(23-3)15(7-12)24-4/h5-7,9-11H,8H2,1-4H3,(H,18,22)(H,19,20,21). The van der Waals surface area contributed by atoms with Gasteiger partial charge in [-0.3, -0.25) is 4.79 Å². The van der Waals surface area contributed by atoms with Crippen molar-refractivity contribution in [1.82, 2.24) is 15.3 Å². The first-order chi connectivity index (χ1) is 11.5. The molecule has 0 aliphatic rings. The molecule has 128 valence electrons. The quantitative estimate of drug-likeness (QED) is 0.810. The third-order valence-electron chi connectivity index (χ3n) is 3.23. The van der Waals surface area contributed by atoms with Crippen molar-refractivity contribution in [3.63, 3.8) is 0 Å². The number of nitrogens with zero attached hydrogens (tertiary/aromatic N) is 2. The van der Waals surface area contributed by atoms with E-state index in [-0.39, 0.29) is 11.9 Å². The Labute approximate surface area is 141 Å². The number of hydrogen-bond acceptors (Lipinski definition) is 6. The highest BCUT2D eigenvalue weighted by Gasteiger charge is 2.09. The summed E-state index contributed by atoms with van der Waals surface area (Å²) in [6, 6.07) is 5.73. The van der Waals surface area contributed by atoms with E-state index in [1.165, 1.54) is 12.4 Å². The monoisotopic (exact) mass is 330 g/mol. The van der Waals surface area contributed by atoms with E-state index in [0.29, 0.717) is 29.6 Å². The lowest BCUT2D eigenvalue weighted by Gasteiger charge is -2.11. The molecule has 0 fully saturated rings. The minimum absolute atomic E-state index is 0.231. The minimum atomic E-state index is -0.235. The van der Waals surface area contributed by atoms with Gasteiger partial charge in [0.1, 0.15) is 0 Å². The molecule has 2 N–H and O–H groups in total. The first-order valence-electron chi connectivity index (χ1n) is 7.61. The van der Waals surface area contributed by atoms with Crippen molar-refractivity contribution in [2.24, 2.45) is 0 Å². The Morgan fingerprint density at radius 2 is 1.79 bits per heavy atom. The summed E-state index contributed by atoms with van der Waals surface area (Å²) >= 11 is 0. The second-order valence-electron chi connectivity index (χ2n) is 5.47. The van der Waals surface area contributed by atoms with Crippen LogP contribution in [0.3, 0.4) is 0 Å². The molecule has 0 radical (unpaired) electrons. The molecule has 24 heavy (non-hydrogen) atoms. The van der Waals surface area contributed by atoms with Crippen LogP contribution in [0.1, 0.15) is 29.8 Å². The van der Waals surface area contributed by atoms with Crippen LogP contribution in [0, 0.1) is 0 Å². The Morgan fingerprint density at radius 1 is 1.12 bits per heavy atom. The van der Waals surface area contributed by atoms with Crippen LogP contribution in [0.15, 0.2) is 30.6 Å². The molecule has 0 saturated heterocycles. The molecule has 0 aliphatic heterocycles. The van der Waals surface area contributed by atoms with Crippen molar-refractivity contribution in [3.05, 3.63) is 41.7 Å². The summed E-state index contributed by atoms with van der Waals surface area (Å²) in [6.07, 6.45) is 3.00. The second-order valence-corrected chi connectivity index (χ2v) is 5.47. The zero-order valence-electron chi connectivity index (χ0n) is 14.3. The van der Waals surface area contributed by atoms with Gasteiger partial charge in [0.05, 0.1) is 19.8 Å². The molecule has 0 aliphatic carbocycles. The van der Waals surface area contributed by atoms with Crippen molar-refractivity contribution in [2.75, 3.05) is 19.5 Å². The molecular formula is C17H22N4O3. The van der Waals surface area contributed by atoms with Crippen LogP contribution in [-0.4, -0.2) is 36.1 Å². The van der Waals surface area contributed by atoms with Crippen LogP contribution < -0.4 is 20.1 Å². The predicted octanol–water partition coefficient (Wildman–Crippen LogP) is 2.24. The predicted molar refractivity (Wildman–Crippen MR) is 91.5 cm³/mol. The number of rotatable bonds is 7. The minimum Gasteiger partial charge on any atom is -0.493 e. The van der Waals surface area contributed by atoms with Crippen LogP contribution >= 0.6 is 0 Å². The van der Waals surface area contributed by atoms with E-state index >= 15 is 0 Å². The number of benzene rings is 1. The number of ether oxygens (including phenoxy) is 2. The topological polar surface area (TPSA) is 85.4 Å². The van der Waals surface area contributed by atoms with Crippen molar-refractivity contribution >= 4 is 11.9 Å². The molecule has 0 spiro atoms. The molecule has 0 atom stereocenters. The van der Waals surface area contributed by atoms with Gasteiger partial charge in [-0.1, -0.05) is 6.07 Å². The molecule has 7 heteroatoms. The van der Waals surface area contributed by atoms with Gasteiger partial charge in [-0.25, -0.2) is 9.97 Å². The summed E-state index contributed by atoms with van der Waals surface area (Å²) in [5, 5.41) is 5.90. The summed E-state index contributed by atoms with van der Waals surface area (Å²) in [5.74, 6) is 1.54. The van der Waals surface area contributed by atoms with Gasteiger partial charge in [-0.05, 0) is 31.5 Å². The zero-order valence-corrected chi connectivity index (χ0v) is 14.3. The lowest BCUT2D eigenvalue weighted by Crippen LogP contribution is -2.23. The smallest absolute Gasteiger partial charge is 0.254 e. The maximum absolute atomic E-state index is 12.2. The molecule has 0 unspecified atom stereocenters. The summed E-state index contributed by atoms with van der Waals surface area (Å²) in [6.45, 7) is 4.35. The number of carbonyl (C=O) groups is 1. The Morgan fingerprint density at radius 3 is 2.38 bits per heavy atom. The Kier molecular flexibility index (Phi) is 5.95. The molecule has 0 bridgehead atoms. The van der Waals surface area contributed by atoms with E-state index in [1.807, 2.05) is 26.0 Å².